The van der Waals surface area contributed by atoms with Crippen molar-refractivity contribution in [1.82, 2.24) is 0 Å². The second-order valence-corrected chi connectivity index (χ2v) is 7.18. The van der Waals surface area contributed by atoms with Crippen LogP contribution in [0.5, 0.6) is 0 Å². The first-order valence-corrected chi connectivity index (χ1v) is 8.22. The van der Waals surface area contributed by atoms with E-state index in [2.05, 4.69) is 20.7 Å². The minimum Gasteiger partial charge on any atom is -0.397 e. The van der Waals surface area contributed by atoms with Crippen molar-refractivity contribution in [1.29, 1.82) is 0 Å². The van der Waals surface area contributed by atoms with Crippen molar-refractivity contribution < 1.29 is 8.42 Å². The number of hydrogen-bond donors (Lipinski definition) is 2. The molecule has 2 aromatic rings. The Hall–Kier alpha value is -1.53. The summed E-state index contributed by atoms with van der Waals surface area (Å²) in [6.07, 6.45) is 0. The minimum absolute atomic E-state index is 0.185. The van der Waals surface area contributed by atoms with E-state index < -0.39 is 10.0 Å². The molecule has 0 bridgehead atoms. The van der Waals surface area contributed by atoms with Crippen LogP contribution in [0.4, 0.5) is 11.4 Å². The molecule has 0 saturated heterocycles. The van der Waals surface area contributed by atoms with Crippen LogP contribution in [0.1, 0.15) is 11.1 Å². The van der Waals surface area contributed by atoms with Gasteiger partial charge in [0, 0.05) is 4.47 Å². The number of rotatable bonds is 3. The maximum atomic E-state index is 12.3. The summed E-state index contributed by atoms with van der Waals surface area (Å²) in [6, 6.07) is 10.0. The number of benzene rings is 2. The highest BCUT2D eigenvalue weighted by atomic mass is 79.9. The van der Waals surface area contributed by atoms with Crippen LogP contribution in [0.15, 0.2) is 45.8 Å². The SMILES string of the molecule is Cc1cc(N)c(NS(=O)(=O)c2cccc(Br)c2)cc1C. The molecule has 0 fully saturated rings. The van der Waals surface area contributed by atoms with Gasteiger partial charge in [0.1, 0.15) is 0 Å². The number of sulfonamides is 1. The fourth-order valence-electron chi connectivity index (χ4n) is 1.76. The zero-order valence-electron chi connectivity index (χ0n) is 11.1. The van der Waals surface area contributed by atoms with Gasteiger partial charge in [0.05, 0.1) is 16.3 Å². The lowest BCUT2D eigenvalue weighted by atomic mass is 10.1. The van der Waals surface area contributed by atoms with E-state index in [1.54, 1.807) is 30.3 Å². The highest BCUT2D eigenvalue weighted by Crippen LogP contribution is 2.26. The van der Waals surface area contributed by atoms with Crippen LogP contribution < -0.4 is 10.5 Å². The van der Waals surface area contributed by atoms with Gasteiger partial charge >= 0.3 is 0 Å². The van der Waals surface area contributed by atoms with Crippen LogP contribution in [0.2, 0.25) is 0 Å². The maximum Gasteiger partial charge on any atom is 0.262 e. The lowest BCUT2D eigenvalue weighted by Gasteiger charge is -2.12. The smallest absolute Gasteiger partial charge is 0.262 e. The fourth-order valence-corrected chi connectivity index (χ4v) is 3.44. The Morgan fingerprint density at radius 2 is 1.75 bits per heavy atom. The Bertz CT molecular complexity index is 758. The Labute approximate surface area is 127 Å². The largest absolute Gasteiger partial charge is 0.397 e. The third-order valence-corrected chi connectivity index (χ3v) is 4.87. The van der Waals surface area contributed by atoms with Crippen molar-refractivity contribution in [3.05, 3.63) is 52.0 Å². The van der Waals surface area contributed by atoms with E-state index in [0.29, 0.717) is 15.8 Å². The van der Waals surface area contributed by atoms with Crippen LogP contribution in [0, 0.1) is 13.8 Å². The lowest BCUT2D eigenvalue weighted by molar-refractivity contribution is 0.601. The molecule has 0 aromatic heterocycles. The van der Waals surface area contributed by atoms with Crippen LogP contribution in [0.25, 0.3) is 0 Å². The highest BCUT2D eigenvalue weighted by Gasteiger charge is 2.16. The normalized spacial score (nSPS) is 11.3. The van der Waals surface area contributed by atoms with Crippen LogP contribution in [-0.2, 0) is 10.0 Å². The molecule has 6 heteroatoms. The van der Waals surface area contributed by atoms with Crippen molar-refractivity contribution in [3.63, 3.8) is 0 Å². The van der Waals surface area contributed by atoms with E-state index in [-0.39, 0.29) is 4.90 Å². The molecule has 0 unspecified atom stereocenters. The van der Waals surface area contributed by atoms with Crippen molar-refractivity contribution in [2.24, 2.45) is 0 Å². The average Bonchev–Trinajstić information content (AvgIpc) is 2.36. The molecule has 2 rings (SSSR count). The second-order valence-electron chi connectivity index (χ2n) is 4.59. The number of halogens is 1. The van der Waals surface area contributed by atoms with Gasteiger partial charge in [-0.1, -0.05) is 22.0 Å². The van der Waals surface area contributed by atoms with E-state index in [1.807, 2.05) is 13.8 Å². The van der Waals surface area contributed by atoms with E-state index in [1.165, 1.54) is 6.07 Å². The Kier molecular flexibility index (Phi) is 4.06. The molecule has 106 valence electrons. The molecule has 0 aliphatic heterocycles. The average molecular weight is 355 g/mol. The quantitative estimate of drug-likeness (QED) is 0.829. The Morgan fingerprint density at radius 1 is 1.10 bits per heavy atom. The van der Waals surface area contributed by atoms with Gasteiger partial charge in [-0.2, -0.15) is 0 Å². The first-order chi connectivity index (χ1) is 9.29. The van der Waals surface area contributed by atoms with E-state index in [4.69, 9.17) is 5.73 Å². The summed E-state index contributed by atoms with van der Waals surface area (Å²) in [5.74, 6) is 0. The molecule has 20 heavy (non-hydrogen) atoms. The summed E-state index contributed by atoms with van der Waals surface area (Å²) < 4.78 is 27.9. The molecular formula is C14H15BrN2O2S. The lowest BCUT2D eigenvalue weighted by Crippen LogP contribution is -2.14. The predicted molar refractivity (Wildman–Crippen MR) is 85.3 cm³/mol. The number of nitrogen functional groups attached to an aromatic ring is 1. The van der Waals surface area contributed by atoms with Gasteiger partial charge in [0.25, 0.3) is 10.0 Å². The molecule has 0 spiro atoms. The highest BCUT2D eigenvalue weighted by molar-refractivity contribution is 9.10. The van der Waals surface area contributed by atoms with E-state index >= 15 is 0 Å². The maximum absolute atomic E-state index is 12.3. The molecule has 0 saturated carbocycles. The Morgan fingerprint density at radius 3 is 2.40 bits per heavy atom. The minimum atomic E-state index is -3.65. The third kappa shape index (κ3) is 3.13. The molecule has 0 atom stereocenters. The van der Waals surface area contributed by atoms with Gasteiger partial charge in [-0.15, -0.1) is 0 Å². The van der Waals surface area contributed by atoms with Gasteiger partial charge in [-0.3, -0.25) is 4.72 Å². The first-order valence-electron chi connectivity index (χ1n) is 5.95. The standard InChI is InChI=1S/C14H15BrN2O2S/c1-9-6-13(16)14(7-10(9)2)17-20(18,19)12-5-3-4-11(15)8-12/h3-8,17H,16H2,1-2H3. The van der Waals surface area contributed by atoms with Gasteiger partial charge in [-0.05, 0) is 55.3 Å². The van der Waals surface area contributed by atoms with Crippen LogP contribution >= 0.6 is 15.9 Å². The molecular weight excluding hydrogens is 340 g/mol. The zero-order valence-corrected chi connectivity index (χ0v) is 13.5. The van der Waals surface area contributed by atoms with Crippen LogP contribution in [0.3, 0.4) is 0 Å². The zero-order chi connectivity index (χ0) is 14.9. The van der Waals surface area contributed by atoms with Gasteiger partial charge < -0.3 is 5.73 Å². The number of nitrogens with two attached hydrogens (primary N) is 1. The van der Waals surface area contributed by atoms with Crippen molar-refractivity contribution in [2.75, 3.05) is 10.5 Å². The summed E-state index contributed by atoms with van der Waals surface area (Å²) in [7, 11) is -3.65. The molecule has 0 aliphatic rings. The van der Waals surface area contributed by atoms with Gasteiger partial charge in [0.2, 0.25) is 0 Å². The summed E-state index contributed by atoms with van der Waals surface area (Å²) in [4.78, 5) is 0.185. The van der Waals surface area contributed by atoms with Gasteiger partial charge in [0.15, 0.2) is 0 Å². The molecule has 0 heterocycles. The van der Waals surface area contributed by atoms with Crippen molar-refractivity contribution in [3.8, 4) is 0 Å². The first kappa shape index (κ1) is 14.9. The van der Waals surface area contributed by atoms with Crippen LogP contribution in [-0.4, -0.2) is 8.42 Å². The van der Waals surface area contributed by atoms with Crippen molar-refractivity contribution in [2.45, 2.75) is 18.7 Å². The third-order valence-electron chi connectivity index (χ3n) is 3.02. The number of nitrogens with one attached hydrogen (secondary N) is 1. The molecule has 3 N–H and O–H groups in total. The molecule has 2 aromatic carbocycles. The molecule has 0 radical (unpaired) electrons. The molecule has 0 amide bonds. The summed E-state index contributed by atoms with van der Waals surface area (Å²) in [6.45, 7) is 3.84. The van der Waals surface area contributed by atoms with E-state index in [9.17, 15) is 8.42 Å². The Balaban J connectivity index is 2.41. The fraction of sp³-hybridized carbons (Fsp3) is 0.143. The number of aryl methyl sites for hydroxylation is 2. The monoisotopic (exact) mass is 354 g/mol. The molecule has 4 nitrogen and oxygen atoms in total. The van der Waals surface area contributed by atoms with Crippen molar-refractivity contribution >= 4 is 37.3 Å². The number of hydrogen-bond acceptors (Lipinski definition) is 3. The second kappa shape index (κ2) is 5.46. The molecule has 0 aliphatic carbocycles. The van der Waals surface area contributed by atoms with E-state index in [0.717, 1.165) is 11.1 Å². The summed E-state index contributed by atoms with van der Waals surface area (Å²) in [5, 5.41) is 0. The predicted octanol–water partition coefficient (Wildman–Crippen LogP) is 3.45. The topological polar surface area (TPSA) is 72.2 Å². The summed E-state index contributed by atoms with van der Waals surface area (Å²) in [5.41, 5.74) is 8.67. The van der Waals surface area contributed by atoms with Gasteiger partial charge in [-0.25, -0.2) is 8.42 Å². The number of anilines is 2. The summed E-state index contributed by atoms with van der Waals surface area (Å²) >= 11 is 3.26.